The number of rotatable bonds is 12. The van der Waals surface area contributed by atoms with E-state index in [1.807, 2.05) is 29.2 Å². The molecular weight excluding hydrogens is 420 g/mol. The van der Waals surface area contributed by atoms with Gasteiger partial charge in [0.2, 0.25) is 0 Å². The Morgan fingerprint density at radius 1 is 1.24 bits per heavy atom. The first-order valence-electron chi connectivity index (χ1n) is 12.1. The van der Waals surface area contributed by atoms with E-state index in [0.29, 0.717) is 38.0 Å². The van der Waals surface area contributed by atoms with Gasteiger partial charge in [-0.2, -0.15) is 0 Å². The van der Waals surface area contributed by atoms with E-state index in [1.54, 1.807) is 14.2 Å². The predicted molar refractivity (Wildman–Crippen MR) is 129 cm³/mol. The van der Waals surface area contributed by atoms with Crippen molar-refractivity contribution in [2.75, 3.05) is 47.1 Å². The van der Waals surface area contributed by atoms with E-state index >= 15 is 0 Å². The molecular formula is C25H40N4O4. The molecule has 8 heteroatoms. The molecule has 0 radical (unpaired) electrons. The number of unbranched alkanes of at least 4 members (excludes halogenated alkanes) is 1. The van der Waals surface area contributed by atoms with Crippen molar-refractivity contribution in [3.63, 3.8) is 0 Å². The molecule has 8 nitrogen and oxygen atoms in total. The van der Waals surface area contributed by atoms with Crippen molar-refractivity contribution in [2.24, 2.45) is 11.8 Å². The maximum Gasteiger partial charge on any atom is 0.290 e. The number of ether oxygens (including phenoxy) is 2. The number of aryl methyl sites for hydroxylation is 1. The smallest absolute Gasteiger partial charge is 0.290 e. The molecule has 2 N–H and O–H groups in total. The molecule has 1 aromatic heterocycles. The third-order valence-corrected chi connectivity index (χ3v) is 6.33. The van der Waals surface area contributed by atoms with E-state index in [4.69, 9.17) is 14.5 Å². The highest BCUT2D eigenvalue weighted by molar-refractivity contribution is 5.95. The molecule has 0 bridgehead atoms. The van der Waals surface area contributed by atoms with Gasteiger partial charge >= 0.3 is 0 Å². The van der Waals surface area contributed by atoms with Crippen LogP contribution in [0.5, 0.6) is 0 Å². The summed E-state index contributed by atoms with van der Waals surface area (Å²) in [6, 6.07) is 7.93. The molecule has 3 rings (SSSR count). The van der Waals surface area contributed by atoms with Crippen LogP contribution in [0.4, 0.5) is 0 Å². The number of carbonyl (C=O) groups excluding carboxylic acids is 1. The van der Waals surface area contributed by atoms with E-state index in [0.717, 1.165) is 43.4 Å². The molecule has 0 spiro atoms. The van der Waals surface area contributed by atoms with Crippen LogP contribution in [-0.4, -0.2) is 84.7 Å². The fourth-order valence-electron chi connectivity index (χ4n) is 4.69. The minimum absolute atomic E-state index is 0.00749. The summed E-state index contributed by atoms with van der Waals surface area (Å²) in [5.74, 6) is 0.811. The Labute approximate surface area is 197 Å². The Morgan fingerprint density at radius 2 is 2.03 bits per heavy atom. The first-order valence-corrected chi connectivity index (χ1v) is 12.1. The van der Waals surface area contributed by atoms with Crippen LogP contribution < -0.4 is 5.32 Å². The highest BCUT2D eigenvalue weighted by Gasteiger charge is 2.35. The van der Waals surface area contributed by atoms with Gasteiger partial charge in [0.05, 0.1) is 23.7 Å². The van der Waals surface area contributed by atoms with Gasteiger partial charge in [0.25, 0.3) is 5.91 Å². The monoisotopic (exact) mass is 460 g/mol. The third-order valence-electron chi connectivity index (χ3n) is 6.33. The number of fused-ring (bicyclic) bond motifs is 1. The zero-order chi connectivity index (χ0) is 23.8. The first-order chi connectivity index (χ1) is 16.0. The number of aliphatic hydroxyl groups excluding tert-OH is 1. The highest BCUT2D eigenvalue weighted by atomic mass is 16.5. The lowest BCUT2D eigenvalue weighted by atomic mass is 9.89. The summed E-state index contributed by atoms with van der Waals surface area (Å²) in [5.41, 5.74) is 1.82. The molecule has 1 fully saturated rings. The summed E-state index contributed by atoms with van der Waals surface area (Å²) >= 11 is 0. The minimum Gasteiger partial charge on any atom is -0.390 e. The maximum absolute atomic E-state index is 14.0. The Kier molecular flexibility index (Phi) is 9.67. The number of piperidine rings is 1. The SMILES string of the molecule is COCCCCn1c(C(=O)N(CC(C)C)[C@@H]2CNCC([C@H](O)COC)C2)nc2ccccc21. The van der Waals surface area contributed by atoms with Gasteiger partial charge in [0.1, 0.15) is 0 Å². The molecule has 33 heavy (non-hydrogen) atoms. The second-order valence-corrected chi connectivity index (χ2v) is 9.46. The molecule has 2 aromatic rings. The maximum atomic E-state index is 14.0. The fourth-order valence-corrected chi connectivity index (χ4v) is 4.69. The van der Waals surface area contributed by atoms with Crippen LogP contribution in [0.2, 0.25) is 0 Å². The number of nitrogens with zero attached hydrogens (tertiary/aromatic N) is 3. The summed E-state index contributed by atoms with van der Waals surface area (Å²) < 4.78 is 12.4. The minimum atomic E-state index is -0.549. The molecule has 2 heterocycles. The average Bonchev–Trinajstić information content (AvgIpc) is 3.18. The summed E-state index contributed by atoms with van der Waals surface area (Å²) in [5, 5.41) is 13.9. The number of aromatic nitrogens is 2. The van der Waals surface area contributed by atoms with E-state index in [-0.39, 0.29) is 17.9 Å². The summed E-state index contributed by atoms with van der Waals surface area (Å²) in [4.78, 5) is 20.7. The van der Waals surface area contributed by atoms with Gasteiger partial charge in [-0.1, -0.05) is 26.0 Å². The molecule has 1 aromatic carbocycles. The van der Waals surface area contributed by atoms with Crippen LogP contribution in [0.15, 0.2) is 24.3 Å². The van der Waals surface area contributed by atoms with Gasteiger partial charge in [-0.05, 0) is 37.3 Å². The highest BCUT2D eigenvalue weighted by Crippen LogP contribution is 2.24. The van der Waals surface area contributed by atoms with Gasteiger partial charge in [-0.25, -0.2) is 4.98 Å². The van der Waals surface area contributed by atoms with Gasteiger partial charge in [0, 0.05) is 59.0 Å². The summed E-state index contributed by atoms with van der Waals surface area (Å²) in [6.45, 7) is 8.06. The Balaban J connectivity index is 1.88. The number of carbonyl (C=O) groups is 1. The standard InChI is InChI=1S/C25H40N4O4/c1-18(2)16-29(20-13-19(14-26-15-20)23(30)17-33-4)25(31)24-27-21-9-5-6-10-22(21)28(24)11-7-8-12-32-3/h5-6,9-10,18-20,23,26,30H,7-8,11-17H2,1-4H3/t19?,20-,23+/m0/s1. The number of para-hydroxylation sites is 2. The van der Waals surface area contributed by atoms with Crippen molar-refractivity contribution in [2.45, 2.75) is 51.8 Å². The summed E-state index contributed by atoms with van der Waals surface area (Å²) in [6.07, 6.45) is 2.03. The second kappa shape index (κ2) is 12.5. The Hall–Kier alpha value is -2.00. The van der Waals surface area contributed by atoms with Gasteiger partial charge in [-0.3, -0.25) is 4.79 Å². The van der Waals surface area contributed by atoms with Crippen LogP contribution in [0.1, 0.15) is 43.7 Å². The molecule has 1 unspecified atom stereocenters. The topological polar surface area (TPSA) is 88.9 Å². The van der Waals surface area contributed by atoms with E-state index < -0.39 is 6.10 Å². The molecule has 1 aliphatic heterocycles. The molecule has 1 amide bonds. The lowest BCUT2D eigenvalue weighted by molar-refractivity contribution is 0.00229. The number of benzene rings is 1. The molecule has 1 aliphatic rings. The number of amides is 1. The number of hydrogen-bond acceptors (Lipinski definition) is 6. The molecule has 1 saturated heterocycles. The van der Waals surface area contributed by atoms with Crippen molar-refractivity contribution in [3.8, 4) is 0 Å². The number of nitrogens with one attached hydrogen (secondary N) is 1. The zero-order valence-corrected chi connectivity index (χ0v) is 20.5. The first kappa shape index (κ1) is 25.6. The van der Waals surface area contributed by atoms with Gasteiger partial charge in [0.15, 0.2) is 5.82 Å². The van der Waals surface area contributed by atoms with Crippen molar-refractivity contribution in [1.29, 1.82) is 0 Å². The molecule has 3 atom stereocenters. The van der Waals surface area contributed by atoms with Crippen LogP contribution in [0.3, 0.4) is 0 Å². The van der Waals surface area contributed by atoms with Crippen molar-refractivity contribution in [1.82, 2.24) is 19.8 Å². The average molecular weight is 461 g/mol. The van der Waals surface area contributed by atoms with Crippen molar-refractivity contribution >= 4 is 16.9 Å². The lowest BCUT2D eigenvalue weighted by Gasteiger charge is -2.40. The normalized spacial score (nSPS) is 19.8. The Morgan fingerprint density at radius 3 is 2.76 bits per heavy atom. The predicted octanol–water partition coefficient (Wildman–Crippen LogP) is 2.55. The van der Waals surface area contributed by atoms with E-state index in [9.17, 15) is 9.90 Å². The second-order valence-electron chi connectivity index (χ2n) is 9.46. The number of imidazole rings is 1. The van der Waals surface area contributed by atoms with E-state index in [2.05, 4.69) is 23.7 Å². The number of hydrogen-bond donors (Lipinski definition) is 2. The quantitative estimate of drug-likeness (QED) is 0.473. The van der Waals surface area contributed by atoms with Crippen LogP contribution in [-0.2, 0) is 16.0 Å². The van der Waals surface area contributed by atoms with Crippen LogP contribution >= 0.6 is 0 Å². The molecule has 0 saturated carbocycles. The van der Waals surface area contributed by atoms with Crippen molar-refractivity contribution in [3.05, 3.63) is 30.1 Å². The number of aliphatic hydroxyl groups is 1. The largest absolute Gasteiger partial charge is 0.390 e. The summed E-state index contributed by atoms with van der Waals surface area (Å²) in [7, 11) is 3.31. The van der Waals surface area contributed by atoms with Crippen molar-refractivity contribution < 1.29 is 19.4 Å². The lowest BCUT2D eigenvalue weighted by Crippen LogP contribution is -2.54. The van der Waals surface area contributed by atoms with Crippen LogP contribution in [0, 0.1) is 11.8 Å². The van der Waals surface area contributed by atoms with E-state index in [1.165, 1.54) is 0 Å². The van der Waals surface area contributed by atoms with Crippen LogP contribution in [0.25, 0.3) is 11.0 Å². The third kappa shape index (κ3) is 6.53. The fraction of sp³-hybridized carbons (Fsp3) is 0.680. The molecule has 184 valence electrons. The number of methoxy groups -OCH3 is 2. The van der Waals surface area contributed by atoms with Gasteiger partial charge < -0.3 is 29.4 Å². The van der Waals surface area contributed by atoms with Gasteiger partial charge in [-0.15, -0.1) is 0 Å². The Bertz CT molecular complexity index is 884. The zero-order valence-electron chi connectivity index (χ0n) is 20.5. The molecule has 0 aliphatic carbocycles.